The molecule has 0 radical (unpaired) electrons. The fraction of sp³-hybridized carbons (Fsp3) is 0.194. The lowest BCUT2D eigenvalue weighted by atomic mass is 9.67. The third kappa shape index (κ3) is 4.43. The number of carbonyl (C=O) groups is 3. The number of allylic oxidation sites excluding steroid dienone is 2. The normalized spacial score (nSPS) is 20.8. The van der Waals surface area contributed by atoms with Crippen LogP contribution < -0.4 is 10.6 Å². The lowest BCUT2D eigenvalue weighted by Crippen LogP contribution is -2.46. The minimum atomic E-state index is -1.29. The van der Waals surface area contributed by atoms with Crippen molar-refractivity contribution in [1.29, 1.82) is 0 Å². The molecule has 3 aromatic carbocycles. The van der Waals surface area contributed by atoms with Gasteiger partial charge in [-0.25, -0.2) is 13.6 Å². The van der Waals surface area contributed by atoms with Gasteiger partial charge in [-0.05, 0) is 36.2 Å². The molecule has 5 rings (SSSR count). The number of hydrogen-bond donors (Lipinski definition) is 1. The van der Waals surface area contributed by atoms with E-state index in [9.17, 15) is 18.8 Å². The van der Waals surface area contributed by atoms with Crippen LogP contribution in [-0.4, -0.2) is 31.9 Å². The smallest absolute Gasteiger partial charge is 0.338 e. The van der Waals surface area contributed by atoms with Crippen molar-refractivity contribution in [3.05, 3.63) is 124 Å². The zero-order valence-corrected chi connectivity index (χ0v) is 21.8. The molecular formula is C31H26F2N2O5. The van der Waals surface area contributed by atoms with Crippen LogP contribution in [0.3, 0.4) is 0 Å². The third-order valence-corrected chi connectivity index (χ3v) is 7.41. The number of nitrogens with zero attached hydrogens (tertiary/aromatic N) is 1. The number of ketones is 1. The molecule has 0 unspecified atom stereocenters. The van der Waals surface area contributed by atoms with E-state index in [4.69, 9.17) is 15.2 Å². The Morgan fingerprint density at radius 1 is 0.925 bits per heavy atom. The van der Waals surface area contributed by atoms with Crippen molar-refractivity contribution in [1.82, 2.24) is 0 Å². The molecule has 7 nitrogen and oxygen atoms in total. The van der Waals surface area contributed by atoms with Crippen LogP contribution in [0.2, 0.25) is 0 Å². The summed E-state index contributed by atoms with van der Waals surface area (Å²) < 4.78 is 39.9. The fourth-order valence-electron chi connectivity index (χ4n) is 5.68. The van der Waals surface area contributed by atoms with Gasteiger partial charge < -0.3 is 15.2 Å². The Morgan fingerprint density at radius 3 is 2.27 bits per heavy atom. The lowest BCUT2D eigenvalue weighted by Gasteiger charge is -2.44. The second kappa shape index (κ2) is 10.8. The Hall–Kier alpha value is -4.79. The summed E-state index contributed by atoms with van der Waals surface area (Å²) in [6.45, 7) is 0. The third-order valence-electron chi connectivity index (χ3n) is 7.41. The van der Waals surface area contributed by atoms with Crippen molar-refractivity contribution in [2.45, 2.75) is 18.3 Å². The molecule has 9 heteroatoms. The Labute approximate surface area is 229 Å². The zero-order chi connectivity index (χ0) is 28.6. The van der Waals surface area contributed by atoms with Gasteiger partial charge in [-0.3, -0.25) is 14.5 Å². The Bertz CT molecular complexity index is 1570. The van der Waals surface area contributed by atoms with Gasteiger partial charge >= 0.3 is 11.9 Å². The Morgan fingerprint density at radius 2 is 1.62 bits per heavy atom. The van der Waals surface area contributed by atoms with Crippen LogP contribution in [0.1, 0.15) is 29.4 Å². The standard InChI is InChI=1S/C31H26F2N2O5/c1-39-30(37)25-21(17-9-4-3-5-10-17)16-23-26(28(25)36)24(20-13-6-7-14-22(20)33)27(31(38)40-2)29(34)35(23)19-12-8-11-18(32)15-19/h3-15,21,24-25H,16,34H2,1-2H3/t21-,24-,25-/m1/s1. The molecule has 204 valence electrons. The second-order valence-corrected chi connectivity index (χ2v) is 9.51. The number of esters is 2. The van der Waals surface area contributed by atoms with Gasteiger partial charge in [0.15, 0.2) is 5.78 Å². The van der Waals surface area contributed by atoms with Crippen molar-refractivity contribution in [3.63, 3.8) is 0 Å². The van der Waals surface area contributed by atoms with Crippen LogP contribution in [0.4, 0.5) is 14.5 Å². The maximum atomic E-state index is 15.4. The van der Waals surface area contributed by atoms with Crippen molar-refractivity contribution >= 4 is 23.4 Å². The molecule has 40 heavy (non-hydrogen) atoms. The molecule has 0 aromatic heterocycles. The molecule has 3 aromatic rings. The number of halogens is 2. The first kappa shape index (κ1) is 26.8. The summed E-state index contributed by atoms with van der Waals surface area (Å²) in [6.07, 6.45) is 0.0848. The minimum Gasteiger partial charge on any atom is -0.468 e. The van der Waals surface area contributed by atoms with Crippen LogP contribution in [-0.2, 0) is 23.9 Å². The summed E-state index contributed by atoms with van der Waals surface area (Å²) >= 11 is 0. The highest BCUT2D eigenvalue weighted by Crippen LogP contribution is 2.51. The van der Waals surface area contributed by atoms with Gasteiger partial charge in [-0.15, -0.1) is 0 Å². The summed E-state index contributed by atoms with van der Waals surface area (Å²) in [4.78, 5) is 42.3. The van der Waals surface area contributed by atoms with Crippen LogP contribution in [0.25, 0.3) is 0 Å². The first-order valence-electron chi connectivity index (χ1n) is 12.6. The summed E-state index contributed by atoms with van der Waals surface area (Å²) in [5.41, 5.74) is 7.70. The molecule has 3 atom stereocenters. The zero-order valence-electron chi connectivity index (χ0n) is 21.8. The molecule has 0 saturated carbocycles. The Kier molecular flexibility index (Phi) is 7.21. The van der Waals surface area contributed by atoms with Crippen molar-refractivity contribution < 1.29 is 32.6 Å². The van der Waals surface area contributed by atoms with E-state index in [-0.39, 0.29) is 34.6 Å². The predicted octanol–water partition coefficient (Wildman–Crippen LogP) is 4.71. The predicted molar refractivity (Wildman–Crippen MR) is 143 cm³/mol. The van der Waals surface area contributed by atoms with Crippen LogP contribution in [0.15, 0.2) is 102 Å². The number of benzene rings is 3. The largest absolute Gasteiger partial charge is 0.468 e. The molecule has 0 amide bonds. The average molecular weight is 545 g/mol. The van der Waals surface area contributed by atoms with Crippen LogP contribution in [0, 0.1) is 17.6 Å². The maximum absolute atomic E-state index is 15.4. The van der Waals surface area contributed by atoms with Crippen molar-refractivity contribution in [2.24, 2.45) is 11.7 Å². The summed E-state index contributed by atoms with van der Waals surface area (Å²) in [5.74, 6) is -6.95. The van der Waals surface area contributed by atoms with E-state index < -0.39 is 47.1 Å². The number of methoxy groups -OCH3 is 2. The van der Waals surface area contributed by atoms with Gasteiger partial charge in [-0.1, -0.05) is 54.6 Å². The molecule has 0 spiro atoms. The van der Waals surface area contributed by atoms with E-state index in [1.165, 1.54) is 48.4 Å². The van der Waals surface area contributed by atoms with E-state index in [1.54, 1.807) is 36.4 Å². The van der Waals surface area contributed by atoms with Gasteiger partial charge in [0.25, 0.3) is 0 Å². The second-order valence-electron chi connectivity index (χ2n) is 9.51. The SMILES string of the molecule is COC(=O)C1=C(N)N(c2cccc(F)c2)C2=C(C(=O)[C@H](C(=O)OC)[C@@H](c3ccccc3)C2)[C@H]1c1ccccc1F. The molecular weight excluding hydrogens is 518 g/mol. The number of ether oxygens (including phenoxy) is 2. The van der Waals surface area contributed by atoms with Crippen LogP contribution >= 0.6 is 0 Å². The first-order chi connectivity index (χ1) is 19.3. The van der Waals surface area contributed by atoms with E-state index in [0.717, 1.165) is 7.11 Å². The highest BCUT2D eigenvalue weighted by Gasteiger charge is 2.51. The number of rotatable bonds is 5. The highest BCUT2D eigenvalue weighted by molar-refractivity contribution is 6.14. The molecule has 0 fully saturated rings. The van der Waals surface area contributed by atoms with Crippen LogP contribution in [0.5, 0.6) is 0 Å². The summed E-state index contributed by atoms with van der Waals surface area (Å²) in [7, 11) is 2.33. The van der Waals surface area contributed by atoms with E-state index in [2.05, 4.69) is 0 Å². The van der Waals surface area contributed by atoms with Crippen molar-refractivity contribution in [3.8, 4) is 0 Å². The minimum absolute atomic E-state index is 0.00682. The monoisotopic (exact) mass is 544 g/mol. The summed E-state index contributed by atoms with van der Waals surface area (Å²) in [6, 6.07) is 20.2. The maximum Gasteiger partial charge on any atom is 0.338 e. The average Bonchev–Trinajstić information content (AvgIpc) is 2.96. The van der Waals surface area contributed by atoms with Gasteiger partial charge in [0.2, 0.25) is 0 Å². The van der Waals surface area contributed by atoms with Gasteiger partial charge in [0, 0.05) is 22.8 Å². The van der Waals surface area contributed by atoms with E-state index in [1.807, 2.05) is 6.07 Å². The quantitative estimate of drug-likeness (QED) is 0.367. The highest BCUT2D eigenvalue weighted by atomic mass is 19.1. The molecule has 1 aliphatic heterocycles. The molecule has 1 aliphatic carbocycles. The van der Waals surface area contributed by atoms with Gasteiger partial charge in [-0.2, -0.15) is 0 Å². The molecule has 2 aliphatic rings. The van der Waals surface area contributed by atoms with Crippen molar-refractivity contribution in [2.75, 3.05) is 19.1 Å². The molecule has 1 heterocycles. The number of nitrogens with two attached hydrogens (primary N) is 1. The molecule has 0 bridgehead atoms. The first-order valence-corrected chi connectivity index (χ1v) is 12.6. The van der Waals surface area contributed by atoms with E-state index in [0.29, 0.717) is 11.3 Å². The number of Topliss-reactive ketones (excluding diaryl/α,β-unsaturated/α-hetero) is 1. The summed E-state index contributed by atoms with van der Waals surface area (Å²) in [5, 5.41) is 0. The van der Waals surface area contributed by atoms with Gasteiger partial charge in [0.05, 0.1) is 31.4 Å². The topological polar surface area (TPSA) is 98.9 Å². The van der Waals surface area contributed by atoms with Gasteiger partial charge in [0.1, 0.15) is 23.4 Å². The lowest BCUT2D eigenvalue weighted by molar-refractivity contribution is -0.150. The molecule has 0 saturated heterocycles. The fourth-order valence-corrected chi connectivity index (χ4v) is 5.68. The number of anilines is 1. The Balaban J connectivity index is 1.85. The number of hydrogen-bond acceptors (Lipinski definition) is 7. The van der Waals surface area contributed by atoms with E-state index >= 15 is 4.39 Å². The molecule has 2 N–H and O–H groups in total. The number of carbonyl (C=O) groups excluding carboxylic acids is 3.